The summed E-state index contributed by atoms with van der Waals surface area (Å²) in [5.74, 6) is 0.385. The highest BCUT2D eigenvalue weighted by atomic mass is 32.2. The maximum atomic E-state index is 12.6. The predicted molar refractivity (Wildman–Crippen MR) is 122 cm³/mol. The number of piperazine rings is 1. The molecule has 9 heteroatoms. The molecule has 0 saturated carbocycles. The summed E-state index contributed by atoms with van der Waals surface area (Å²) in [5.41, 5.74) is 2.45. The fraction of sp³-hybridized carbons (Fsp3) is 0.273. The first-order valence-electron chi connectivity index (χ1n) is 10.1. The van der Waals surface area contributed by atoms with Crippen LogP contribution in [-0.4, -0.2) is 64.5 Å². The quantitative estimate of drug-likeness (QED) is 0.426. The minimum Gasteiger partial charge on any atom is -0.410 e. The number of aromatic nitrogens is 3. The van der Waals surface area contributed by atoms with Crippen molar-refractivity contribution in [3.05, 3.63) is 61.3 Å². The molecule has 0 atom stereocenters. The van der Waals surface area contributed by atoms with Crippen LogP contribution in [0, 0.1) is 0 Å². The summed E-state index contributed by atoms with van der Waals surface area (Å²) in [5, 5.41) is 11.3. The molecule has 1 aliphatic rings. The largest absolute Gasteiger partial charge is 0.410 e. The number of para-hydroxylation sites is 2. The average Bonchev–Trinajstić information content (AvgIpc) is 3.29. The number of pyridine rings is 1. The highest BCUT2D eigenvalue weighted by Gasteiger charge is 2.19. The zero-order chi connectivity index (χ0) is 21.5. The molecule has 8 nitrogen and oxygen atoms in total. The Balaban J connectivity index is 1.33. The minimum atomic E-state index is -0.125. The van der Waals surface area contributed by atoms with E-state index in [1.165, 1.54) is 11.8 Å². The highest BCUT2D eigenvalue weighted by Crippen LogP contribution is 2.27. The van der Waals surface area contributed by atoms with E-state index in [2.05, 4.69) is 36.9 Å². The number of carbonyl (C=O) groups is 1. The molecule has 3 heterocycles. The lowest BCUT2D eigenvalue weighted by Crippen LogP contribution is -2.46. The van der Waals surface area contributed by atoms with Gasteiger partial charge in [0.2, 0.25) is 5.91 Å². The van der Waals surface area contributed by atoms with Gasteiger partial charge < -0.3 is 14.6 Å². The summed E-state index contributed by atoms with van der Waals surface area (Å²) in [7, 11) is 0. The lowest BCUT2D eigenvalue weighted by atomic mass is 10.2. The molecule has 0 radical (unpaired) electrons. The van der Waals surface area contributed by atoms with E-state index in [1.807, 2.05) is 42.5 Å². The summed E-state index contributed by atoms with van der Waals surface area (Å²) in [6.45, 7) is 8.48. The third kappa shape index (κ3) is 5.50. The molecule has 0 unspecified atom stereocenters. The highest BCUT2D eigenvalue weighted by molar-refractivity contribution is 7.99. The third-order valence-corrected chi connectivity index (χ3v) is 5.71. The molecule has 31 heavy (non-hydrogen) atoms. The Morgan fingerprint density at radius 3 is 2.71 bits per heavy atom. The van der Waals surface area contributed by atoms with Gasteiger partial charge in [-0.1, -0.05) is 36.0 Å². The molecule has 1 N–H and O–H groups in total. The molecule has 2 aromatic heterocycles. The van der Waals surface area contributed by atoms with Crippen LogP contribution in [0.15, 0.2) is 71.0 Å². The van der Waals surface area contributed by atoms with Gasteiger partial charge >= 0.3 is 0 Å². The number of carbonyl (C=O) groups excluding carboxylic acids is 1. The zero-order valence-corrected chi connectivity index (χ0v) is 17.9. The first-order chi connectivity index (χ1) is 15.2. The van der Waals surface area contributed by atoms with Crippen LogP contribution in [0.25, 0.3) is 11.6 Å². The summed E-state index contributed by atoms with van der Waals surface area (Å²) in [6, 6.07) is 13.4. The number of anilines is 2. The normalized spacial score (nSPS) is 14.4. The van der Waals surface area contributed by atoms with E-state index >= 15 is 0 Å². The fourth-order valence-electron chi connectivity index (χ4n) is 3.38. The van der Waals surface area contributed by atoms with Crippen molar-refractivity contribution in [1.82, 2.24) is 20.1 Å². The first-order valence-corrected chi connectivity index (χ1v) is 11.1. The van der Waals surface area contributed by atoms with E-state index in [9.17, 15) is 4.79 Å². The van der Waals surface area contributed by atoms with Crippen molar-refractivity contribution in [2.75, 3.05) is 48.7 Å². The molecular formula is C22H24N6O2S. The van der Waals surface area contributed by atoms with Gasteiger partial charge in [-0.15, -0.1) is 16.8 Å². The van der Waals surface area contributed by atoms with Crippen LogP contribution in [-0.2, 0) is 4.79 Å². The lowest BCUT2D eigenvalue weighted by Gasteiger charge is -2.36. The van der Waals surface area contributed by atoms with E-state index in [-0.39, 0.29) is 11.7 Å². The molecular weight excluding hydrogens is 412 g/mol. The second kappa shape index (κ2) is 10.2. The first kappa shape index (κ1) is 21.1. The number of amides is 1. The average molecular weight is 437 g/mol. The van der Waals surface area contributed by atoms with Crippen LogP contribution in [0.4, 0.5) is 11.4 Å². The molecule has 1 amide bonds. The smallest absolute Gasteiger partial charge is 0.277 e. The molecule has 1 aromatic carbocycles. The van der Waals surface area contributed by atoms with Gasteiger partial charge in [0.15, 0.2) is 0 Å². The van der Waals surface area contributed by atoms with Gasteiger partial charge in [-0.25, -0.2) is 0 Å². The number of nitrogens with one attached hydrogen (secondary N) is 1. The molecule has 0 aliphatic carbocycles. The molecule has 0 spiro atoms. The molecule has 4 rings (SSSR count). The van der Waals surface area contributed by atoms with Crippen molar-refractivity contribution >= 4 is 29.0 Å². The Hall–Kier alpha value is -3.17. The Labute approximate surface area is 185 Å². The van der Waals surface area contributed by atoms with Crippen LogP contribution in [0.3, 0.4) is 0 Å². The van der Waals surface area contributed by atoms with Gasteiger partial charge in [0.05, 0.1) is 17.1 Å². The van der Waals surface area contributed by atoms with Crippen LogP contribution in [0.5, 0.6) is 0 Å². The number of thioether (sulfide) groups is 1. The SMILES string of the molecule is C=CCN1CCN(c2ccccc2NC(=O)CSc2nnc(-c3ccccn3)o2)CC1. The monoisotopic (exact) mass is 436 g/mol. The van der Waals surface area contributed by atoms with Gasteiger partial charge in [-0.3, -0.25) is 14.7 Å². The maximum absolute atomic E-state index is 12.6. The van der Waals surface area contributed by atoms with Crippen LogP contribution in [0.2, 0.25) is 0 Å². The van der Waals surface area contributed by atoms with Crippen LogP contribution < -0.4 is 10.2 Å². The van der Waals surface area contributed by atoms with E-state index in [0.717, 1.165) is 44.1 Å². The number of hydrogen-bond donors (Lipinski definition) is 1. The second-order valence-corrected chi connectivity index (χ2v) is 7.95. The van der Waals surface area contributed by atoms with E-state index in [0.29, 0.717) is 16.8 Å². The molecule has 1 aliphatic heterocycles. The Morgan fingerprint density at radius 1 is 1.13 bits per heavy atom. The van der Waals surface area contributed by atoms with Crippen molar-refractivity contribution < 1.29 is 9.21 Å². The lowest BCUT2D eigenvalue weighted by molar-refractivity contribution is -0.113. The van der Waals surface area contributed by atoms with Gasteiger partial charge in [-0.2, -0.15) is 0 Å². The Bertz CT molecular complexity index is 1020. The summed E-state index contributed by atoms with van der Waals surface area (Å²) >= 11 is 1.20. The van der Waals surface area contributed by atoms with Crippen molar-refractivity contribution in [2.24, 2.45) is 0 Å². The van der Waals surface area contributed by atoms with Crippen LogP contribution in [0.1, 0.15) is 0 Å². The standard InChI is InChI=1S/C22H24N6O2S/c1-2-11-27-12-14-28(15-13-27)19-9-4-3-7-17(19)24-20(29)16-31-22-26-25-21(30-22)18-8-5-6-10-23-18/h2-10H,1,11-16H2,(H,24,29). The van der Waals surface area contributed by atoms with E-state index < -0.39 is 0 Å². The van der Waals surface area contributed by atoms with Crippen molar-refractivity contribution in [3.63, 3.8) is 0 Å². The Kier molecular flexibility index (Phi) is 6.96. The van der Waals surface area contributed by atoms with Gasteiger partial charge in [0.25, 0.3) is 11.1 Å². The van der Waals surface area contributed by atoms with E-state index in [4.69, 9.17) is 4.42 Å². The van der Waals surface area contributed by atoms with Crippen molar-refractivity contribution in [1.29, 1.82) is 0 Å². The van der Waals surface area contributed by atoms with Gasteiger partial charge in [-0.05, 0) is 24.3 Å². The number of benzene rings is 1. The molecule has 0 bridgehead atoms. The predicted octanol–water partition coefficient (Wildman–Crippen LogP) is 3.17. The minimum absolute atomic E-state index is 0.125. The third-order valence-electron chi connectivity index (χ3n) is 4.90. The van der Waals surface area contributed by atoms with Gasteiger partial charge in [0.1, 0.15) is 5.69 Å². The van der Waals surface area contributed by atoms with Crippen molar-refractivity contribution in [2.45, 2.75) is 5.22 Å². The molecule has 160 valence electrons. The molecule has 1 saturated heterocycles. The number of nitrogens with zero attached hydrogens (tertiary/aromatic N) is 5. The second-order valence-electron chi connectivity index (χ2n) is 7.02. The van der Waals surface area contributed by atoms with Gasteiger partial charge in [0, 0.05) is 38.9 Å². The molecule has 3 aromatic rings. The maximum Gasteiger partial charge on any atom is 0.277 e. The van der Waals surface area contributed by atoms with Crippen LogP contribution >= 0.6 is 11.8 Å². The Morgan fingerprint density at radius 2 is 1.94 bits per heavy atom. The zero-order valence-electron chi connectivity index (χ0n) is 17.1. The van der Waals surface area contributed by atoms with E-state index in [1.54, 1.807) is 12.3 Å². The molecule has 1 fully saturated rings. The fourth-order valence-corrected chi connectivity index (χ4v) is 3.95. The summed E-state index contributed by atoms with van der Waals surface area (Å²) in [4.78, 5) is 21.4. The number of rotatable bonds is 8. The topological polar surface area (TPSA) is 87.4 Å². The summed E-state index contributed by atoms with van der Waals surface area (Å²) < 4.78 is 5.60. The number of hydrogen-bond acceptors (Lipinski definition) is 8. The summed E-state index contributed by atoms with van der Waals surface area (Å²) in [6.07, 6.45) is 3.60. The van der Waals surface area contributed by atoms with Crippen molar-refractivity contribution in [3.8, 4) is 11.6 Å².